The molecule has 1 amide bonds. The first-order valence-corrected chi connectivity index (χ1v) is 6.04. The minimum absolute atomic E-state index is 0.254. The molecule has 1 heterocycles. The van der Waals surface area contributed by atoms with Gasteiger partial charge in [0.25, 0.3) is 5.91 Å². The Bertz CT molecular complexity index is 626. The van der Waals surface area contributed by atoms with Crippen LogP contribution in [0.15, 0.2) is 30.6 Å². The molecule has 0 aliphatic heterocycles. The van der Waals surface area contributed by atoms with Gasteiger partial charge in [0.1, 0.15) is 5.82 Å². The van der Waals surface area contributed by atoms with Gasteiger partial charge in [0, 0.05) is 19.7 Å². The van der Waals surface area contributed by atoms with Crippen molar-refractivity contribution in [3.63, 3.8) is 0 Å². The van der Waals surface area contributed by atoms with Crippen LogP contribution >= 0.6 is 0 Å². The van der Waals surface area contributed by atoms with Crippen LogP contribution in [0.1, 0.15) is 15.9 Å². The lowest BCUT2D eigenvalue weighted by atomic mass is 10.1. The summed E-state index contributed by atoms with van der Waals surface area (Å²) < 4.78 is 13.4. The molecule has 0 radical (unpaired) electrons. The maximum Gasteiger partial charge on any atom is 0.255 e. The number of hydrogen-bond donors (Lipinski definition) is 1. The molecule has 0 aliphatic rings. The van der Waals surface area contributed by atoms with Gasteiger partial charge in [-0.25, -0.2) is 14.4 Å². The minimum atomic E-state index is -0.406. The number of nitrogens with one attached hydrogen (secondary N) is 1. The lowest BCUT2D eigenvalue weighted by Gasteiger charge is -2.10. The van der Waals surface area contributed by atoms with Crippen LogP contribution in [0.3, 0.4) is 0 Å². The van der Waals surface area contributed by atoms with E-state index in [1.807, 2.05) is 14.1 Å². The lowest BCUT2D eigenvalue weighted by Crippen LogP contribution is -2.15. The largest absolute Gasteiger partial charge is 0.347 e. The molecule has 0 atom stereocenters. The summed E-state index contributed by atoms with van der Waals surface area (Å²) in [5, 5.41) is 2.62. The van der Waals surface area contributed by atoms with Crippen molar-refractivity contribution in [2.45, 2.75) is 6.92 Å². The number of nitrogens with zero attached hydrogens (tertiary/aromatic N) is 3. The summed E-state index contributed by atoms with van der Waals surface area (Å²) in [6.07, 6.45) is 3.01. The second-order valence-electron chi connectivity index (χ2n) is 4.58. The van der Waals surface area contributed by atoms with Crippen LogP contribution in [0.25, 0.3) is 0 Å². The Labute approximate surface area is 116 Å². The third-order valence-electron chi connectivity index (χ3n) is 2.73. The fourth-order valence-corrected chi connectivity index (χ4v) is 1.55. The number of carbonyl (C=O) groups excluding carboxylic acids is 1. The lowest BCUT2D eigenvalue weighted by molar-refractivity contribution is 0.102. The van der Waals surface area contributed by atoms with Crippen LogP contribution in [0, 0.1) is 12.7 Å². The van der Waals surface area contributed by atoms with E-state index in [2.05, 4.69) is 15.3 Å². The zero-order valence-corrected chi connectivity index (χ0v) is 11.5. The van der Waals surface area contributed by atoms with Gasteiger partial charge in [0.2, 0.25) is 5.95 Å². The van der Waals surface area contributed by atoms with Crippen LogP contribution in [-0.4, -0.2) is 30.0 Å². The molecule has 0 aliphatic carbocycles. The van der Waals surface area contributed by atoms with Crippen molar-refractivity contribution < 1.29 is 9.18 Å². The molecule has 6 heteroatoms. The third-order valence-corrected chi connectivity index (χ3v) is 2.73. The second kappa shape index (κ2) is 5.64. The molecule has 0 saturated carbocycles. The Kier molecular flexibility index (Phi) is 3.93. The standard InChI is InChI=1S/C14H15FN4O/c1-9-4-5-10(6-12(9)15)13(20)18-11-7-16-14(17-8-11)19(2)3/h4-8H,1-3H3,(H,18,20). The molecule has 20 heavy (non-hydrogen) atoms. The van der Waals surface area contributed by atoms with Gasteiger partial charge >= 0.3 is 0 Å². The van der Waals surface area contributed by atoms with E-state index >= 15 is 0 Å². The van der Waals surface area contributed by atoms with Crippen molar-refractivity contribution in [2.24, 2.45) is 0 Å². The SMILES string of the molecule is Cc1ccc(C(=O)Nc2cnc(N(C)C)nc2)cc1F. The molecule has 104 valence electrons. The number of aromatic nitrogens is 2. The fraction of sp³-hybridized carbons (Fsp3) is 0.214. The number of halogens is 1. The van der Waals surface area contributed by atoms with Crippen molar-refractivity contribution in [2.75, 3.05) is 24.3 Å². The Hall–Kier alpha value is -2.50. The van der Waals surface area contributed by atoms with E-state index in [9.17, 15) is 9.18 Å². The number of rotatable bonds is 3. The summed E-state index contributed by atoms with van der Waals surface area (Å²) in [5.74, 6) is -0.258. The van der Waals surface area contributed by atoms with E-state index in [0.29, 0.717) is 17.2 Å². The molecule has 2 rings (SSSR count). The second-order valence-corrected chi connectivity index (χ2v) is 4.58. The maximum absolute atomic E-state index is 13.4. The summed E-state index contributed by atoms with van der Waals surface area (Å²) in [4.78, 5) is 21.9. The van der Waals surface area contributed by atoms with E-state index in [4.69, 9.17) is 0 Å². The molecule has 2 aromatic rings. The van der Waals surface area contributed by atoms with Crippen molar-refractivity contribution >= 4 is 17.5 Å². The van der Waals surface area contributed by atoms with Gasteiger partial charge < -0.3 is 10.2 Å². The minimum Gasteiger partial charge on any atom is -0.347 e. The van der Waals surface area contributed by atoms with Gasteiger partial charge in [-0.1, -0.05) is 6.07 Å². The normalized spacial score (nSPS) is 10.2. The molecule has 1 N–H and O–H groups in total. The fourth-order valence-electron chi connectivity index (χ4n) is 1.55. The first-order chi connectivity index (χ1) is 9.47. The molecule has 0 saturated heterocycles. The van der Waals surface area contributed by atoms with Gasteiger partial charge in [-0.05, 0) is 24.6 Å². The topological polar surface area (TPSA) is 58.1 Å². The summed E-state index contributed by atoms with van der Waals surface area (Å²) in [6, 6.07) is 4.35. The number of amides is 1. The average molecular weight is 274 g/mol. The van der Waals surface area contributed by atoms with E-state index in [-0.39, 0.29) is 5.56 Å². The van der Waals surface area contributed by atoms with Crippen molar-refractivity contribution in [1.29, 1.82) is 0 Å². The predicted octanol–water partition coefficient (Wildman–Crippen LogP) is 2.24. The van der Waals surface area contributed by atoms with Crippen LogP contribution < -0.4 is 10.2 Å². The monoisotopic (exact) mass is 274 g/mol. The molecule has 0 bridgehead atoms. The molecule has 0 spiro atoms. The van der Waals surface area contributed by atoms with Gasteiger partial charge in [-0.15, -0.1) is 0 Å². The van der Waals surface area contributed by atoms with Gasteiger partial charge in [0.15, 0.2) is 0 Å². The first kappa shape index (κ1) is 13.9. The highest BCUT2D eigenvalue weighted by Gasteiger charge is 2.09. The Morgan fingerprint density at radius 3 is 2.45 bits per heavy atom. The van der Waals surface area contributed by atoms with Crippen LogP contribution in [0.4, 0.5) is 16.0 Å². The molecular weight excluding hydrogens is 259 g/mol. The average Bonchev–Trinajstić information content (AvgIpc) is 2.42. The number of aryl methyl sites for hydroxylation is 1. The Morgan fingerprint density at radius 1 is 1.25 bits per heavy atom. The van der Waals surface area contributed by atoms with E-state index in [1.165, 1.54) is 18.5 Å². The Balaban J connectivity index is 2.12. The highest BCUT2D eigenvalue weighted by Crippen LogP contribution is 2.12. The highest BCUT2D eigenvalue weighted by atomic mass is 19.1. The van der Waals surface area contributed by atoms with Crippen molar-refractivity contribution in [3.05, 3.63) is 47.5 Å². The molecule has 0 unspecified atom stereocenters. The summed E-state index contributed by atoms with van der Waals surface area (Å²) >= 11 is 0. The van der Waals surface area contributed by atoms with Gasteiger partial charge in [0.05, 0.1) is 18.1 Å². The van der Waals surface area contributed by atoms with Gasteiger partial charge in [-0.2, -0.15) is 0 Å². The van der Waals surface area contributed by atoms with E-state index in [1.54, 1.807) is 24.0 Å². The van der Waals surface area contributed by atoms with Crippen LogP contribution in [-0.2, 0) is 0 Å². The number of benzene rings is 1. The number of hydrogen-bond acceptors (Lipinski definition) is 4. The quantitative estimate of drug-likeness (QED) is 0.932. The zero-order chi connectivity index (χ0) is 14.7. The summed E-state index contributed by atoms with van der Waals surface area (Å²) in [6.45, 7) is 1.64. The summed E-state index contributed by atoms with van der Waals surface area (Å²) in [5.41, 5.74) is 1.21. The summed E-state index contributed by atoms with van der Waals surface area (Å²) in [7, 11) is 3.64. The third kappa shape index (κ3) is 3.09. The highest BCUT2D eigenvalue weighted by molar-refractivity contribution is 6.04. The Morgan fingerprint density at radius 2 is 1.90 bits per heavy atom. The molecule has 5 nitrogen and oxygen atoms in total. The maximum atomic E-state index is 13.4. The predicted molar refractivity (Wildman–Crippen MR) is 75.4 cm³/mol. The number of carbonyl (C=O) groups is 1. The number of anilines is 2. The van der Waals surface area contributed by atoms with E-state index in [0.717, 1.165) is 0 Å². The van der Waals surface area contributed by atoms with E-state index < -0.39 is 11.7 Å². The van der Waals surface area contributed by atoms with Crippen molar-refractivity contribution in [3.8, 4) is 0 Å². The van der Waals surface area contributed by atoms with Crippen LogP contribution in [0.2, 0.25) is 0 Å². The molecule has 1 aromatic heterocycles. The van der Waals surface area contributed by atoms with Gasteiger partial charge in [-0.3, -0.25) is 4.79 Å². The first-order valence-electron chi connectivity index (χ1n) is 6.04. The van der Waals surface area contributed by atoms with Crippen molar-refractivity contribution in [1.82, 2.24) is 9.97 Å². The zero-order valence-electron chi connectivity index (χ0n) is 11.5. The molecule has 1 aromatic carbocycles. The smallest absolute Gasteiger partial charge is 0.255 e. The molecular formula is C14H15FN4O. The molecule has 0 fully saturated rings. The van der Waals surface area contributed by atoms with Crippen LogP contribution in [0.5, 0.6) is 0 Å².